The first kappa shape index (κ1) is 20.4. The van der Waals surface area contributed by atoms with Crippen LogP contribution in [0.15, 0.2) is 69.7 Å². The Morgan fingerprint density at radius 2 is 1.77 bits per heavy atom. The highest BCUT2D eigenvalue weighted by Gasteiger charge is 2.19. The van der Waals surface area contributed by atoms with E-state index in [0.29, 0.717) is 17.2 Å². The predicted octanol–water partition coefficient (Wildman–Crippen LogP) is 4.80. The zero-order chi connectivity index (χ0) is 21.8. The Morgan fingerprint density at radius 3 is 2.55 bits per heavy atom. The van der Waals surface area contributed by atoms with Crippen LogP contribution in [0.3, 0.4) is 0 Å². The van der Waals surface area contributed by atoms with Crippen LogP contribution < -0.4 is 4.74 Å². The maximum Gasteiger partial charge on any atom is 0.276 e. The van der Waals surface area contributed by atoms with E-state index < -0.39 is 0 Å². The largest absolute Gasteiger partial charge is 0.486 e. The minimum atomic E-state index is -0.273. The molecule has 2 aromatic carbocycles. The molecule has 0 N–H and O–H groups in total. The molecule has 158 valence electrons. The first-order chi connectivity index (χ1) is 15.0. The molecule has 0 bridgehead atoms. The van der Waals surface area contributed by atoms with Gasteiger partial charge in [0, 0.05) is 24.7 Å². The molecule has 2 aromatic heterocycles. The lowest BCUT2D eigenvalue weighted by Crippen LogP contribution is -2.26. The normalized spacial score (nSPS) is 10.8. The van der Waals surface area contributed by atoms with E-state index in [-0.39, 0.29) is 24.8 Å². The minimum absolute atomic E-state index is 0.191. The number of rotatable bonds is 7. The number of nitrogens with zero attached hydrogens (tertiary/aromatic N) is 3. The fraction of sp³-hybridized carbons (Fsp3) is 0.208. The quantitative estimate of drug-likeness (QED) is 0.430. The topological polar surface area (TPSA) is 81.6 Å². The molecule has 0 atom stereocenters. The number of amides is 1. The van der Waals surface area contributed by atoms with E-state index in [0.717, 1.165) is 16.9 Å². The van der Waals surface area contributed by atoms with Crippen molar-refractivity contribution in [2.75, 3.05) is 7.05 Å². The first-order valence-electron chi connectivity index (χ1n) is 9.92. The Balaban J connectivity index is 1.35. The zero-order valence-electron chi connectivity index (χ0n) is 17.7. The summed E-state index contributed by atoms with van der Waals surface area (Å²) in [5, 5.41) is 7.94. The minimum Gasteiger partial charge on any atom is -0.486 e. The Kier molecular flexibility index (Phi) is 5.84. The second-order valence-corrected chi connectivity index (χ2v) is 7.42. The van der Waals surface area contributed by atoms with Gasteiger partial charge in [-0.3, -0.25) is 4.79 Å². The van der Waals surface area contributed by atoms with Crippen molar-refractivity contribution < 1.29 is 18.6 Å². The van der Waals surface area contributed by atoms with Crippen LogP contribution in [-0.2, 0) is 13.2 Å². The fourth-order valence-electron chi connectivity index (χ4n) is 3.08. The van der Waals surface area contributed by atoms with Gasteiger partial charge in [0.1, 0.15) is 18.1 Å². The number of aromatic nitrogens is 2. The summed E-state index contributed by atoms with van der Waals surface area (Å²) in [6, 6.07) is 19.0. The van der Waals surface area contributed by atoms with Gasteiger partial charge in [0.2, 0.25) is 0 Å². The summed E-state index contributed by atoms with van der Waals surface area (Å²) in [4.78, 5) is 14.2. The Morgan fingerprint density at radius 1 is 0.968 bits per heavy atom. The predicted molar refractivity (Wildman–Crippen MR) is 114 cm³/mol. The number of hydrogen-bond acceptors (Lipinski definition) is 6. The van der Waals surface area contributed by atoms with Crippen LogP contribution in [-0.4, -0.2) is 28.2 Å². The molecule has 2 heterocycles. The van der Waals surface area contributed by atoms with E-state index in [9.17, 15) is 4.79 Å². The molecule has 0 fully saturated rings. The molecule has 0 saturated heterocycles. The molecule has 0 saturated carbocycles. The molecule has 0 aliphatic carbocycles. The lowest BCUT2D eigenvalue weighted by atomic mass is 10.1. The molecule has 4 rings (SSSR count). The van der Waals surface area contributed by atoms with Gasteiger partial charge >= 0.3 is 0 Å². The molecular formula is C24H23N3O4. The van der Waals surface area contributed by atoms with Crippen molar-refractivity contribution in [1.82, 2.24) is 15.2 Å². The van der Waals surface area contributed by atoms with Crippen LogP contribution in [0.5, 0.6) is 5.75 Å². The monoisotopic (exact) mass is 417 g/mol. The molecule has 7 heteroatoms. The maximum absolute atomic E-state index is 12.7. The second kappa shape index (κ2) is 8.87. The number of carbonyl (C=O) groups is 1. The van der Waals surface area contributed by atoms with Gasteiger partial charge in [-0.05, 0) is 37.1 Å². The van der Waals surface area contributed by atoms with Gasteiger partial charge in [-0.2, -0.15) is 0 Å². The van der Waals surface area contributed by atoms with E-state index in [4.69, 9.17) is 13.8 Å². The average Bonchev–Trinajstić information content (AvgIpc) is 3.44. The third-order valence-corrected chi connectivity index (χ3v) is 5.00. The van der Waals surface area contributed by atoms with Crippen LogP contribution in [0.1, 0.15) is 33.1 Å². The standard InChI is InChI=1S/C24H23N3O4/c1-16-9-10-20(11-17(16)2)29-15-21-13-22(26-30-21)24(28)27(3)14-19-12-23(31-25-19)18-7-5-4-6-8-18/h4-13H,14-15H2,1-3H3. The van der Waals surface area contributed by atoms with Gasteiger partial charge in [0.05, 0.1) is 6.54 Å². The van der Waals surface area contributed by atoms with Crippen LogP contribution in [0, 0.1) is 13.8 Å². The molecule has 4 aromatic rings. The molecular weight excluding hydrogens is 394 g/mol. The molecule has 7 nitrogen and oxygen atoms in total. The van der Waals surface area contributed by atoms with Gasteiger partial charge in [-0.1, -0.05) is 46.7 Å². The van der Waals surface area contributed by atoms with Gasteiger partial charge in [0.15, 0.2) is 17.2 Å². The van der Waals surface area contributed by atoms with E-state index in [1.54, 1.807) is 13.1 Å². The smallest absolute Gasteiger partial charge is 0.276 e. The third kappa shape index (κ3) is 4.83. The van der Waals surface area contributed by atoms with Crippen molar-refractivity contribution in [2.24, 2.45) is 0 Å². The van der Waals surface area contributed by atoms with E-state index in [2.05, 4.69) is 10.3 Å². The summed E-state index contributed by atoms with van der Waals surface area (Å²) in [6.45, 7) is 4.55. The van der Waals surface area contributed by atoms with Gasteiger partial charge < -0.3 is 18.7 Å². The number of ether oxygens (including phenoxy) is 1. The van der Waals surface area contributed by atoms with Gasteiger partial charge in [-0.15, -0.1) is 0 Å². The molecule has 31 heavy (non-hydrogen) atoms. The van der Waals surface area contributed by atoms with Crippen LogP contribution in [0.4, 0.5) is 0 Å². The fourth-order valence-corrected chi connectivity index (χ4v) is 3.08. The highest BCUT2D eigenvalue weighted by molar-refractivity contribution is 5.92. The summed E-state index contributed by atoms with van der Waals surface area (Å²) in [5.41, 5.74) is 4.14. The summed E-state index contributed by atoms with van der Waals surface area (Å²) in [5.74, 6) is 1.60. The lowest BCUT2D eigenvalue weighted by Gasteiger charge is -2.13. The summed E-state index contributed by atoms with van der Waals surface area (Å²) in [7, 11) is 1.68. The van der Waals surface area contributed by atoms with Gasteiger partial charge in [0.25, 0.3) is 5.91 Å². The van der Waals surface area contributed by atoms with Crippen molar-refractivity contribution in [3.05, 3.63) is 88.9 Å². The summed E-state index contributed by atoms with van der Waals surface area (Å²) in [6.07, 6.45) is 0. The van der Waals surface area contributed by atoms with E-state index in [1.165, 1.54) is 10.5 Å². The molecule has 1 amide bonds. The maximum atomic E-state index is 12.7. The van der Waals surface area contributed by atoms with Crippen molar-refractivity contribution in [3.8, 4) is 17.1 Å². The molecule has 0 radical (unpaired) electrons. The molecule has 0 spiro atoms. The van der Waals surface area contributed by atoms with Crippen LogP contribution >= 0.6 is 0 Å². The SMILES string of the molecule is Cc1ccc(OCc2cc(C(=O)N(C)Cc3cc(-c4ccccc4)on3)no2)cc1C. The van der Waals surface area contributed by atoms with Crippen LogP contribution in [0.25, 0.3) is 11.3 Å². The van der Waals surface area contributed by atoms with Crippen molar-refractivity contribution in [1.29, 1.82) is 0 Å². The highest BCUT2D eigenvalue weighted by Crippen LogP contribution is 2.21. The van der Waals surface area contributed by atoms with Crippen molar-refractivity contribution in [3.63, 3.8) is 0 Å². The first-order valence-corrected chi connectivity index (χ1v) is 9.92. The number of carbonyl (C=O) groups excluding carboxylic acids is 1. The zero-order valence-corrected chi connectivity index (χ0v) is 17.7. The van der Waals surface area contributed by atoms with Crippen molar-refractivity contribution in [2.45, 2.75) is 27.0 Å². The number of aryl methyl sites for hydroxylation is 2. The molecule has 0 aliphatic rings. The second-order valence-electron chi connectivity index (χ2n) is 7.42. The third-order valence-electron chi connectivity index (χ3n) is 5.00. The summed E-state index contributed by atoms with van der Waals surface area (Å²) >= 11 is 0. The van der Waals surface area contributed by atoms with E-state index >= 15 is 0 Å². The van der Waals surface area contributed by atoms with Gasteiger partial charge in [-0.25, -0.2) is 0 Å². The Labute approximate surface area is 180 Å². The lowest BCUT2D eigenvalue weighted by molar-refractivity contribution is 0.0771. The number of benzene rings is 2. The molecule has 0 unspecified atom stereocenters. The Bertz CT molecular complexity index is 1180. The Hall–Kier alpha value is -3.87. The van der Waals surface area contributed by atoms with Crippen molar-refractivity contribution >= 4 is 5.91 Å². The average molecular weight is 417 g/mol. The molecule has 0 aliphatic heterocycles. The number of hydrogen-bond donors (Lipinski definition) is 0. The van der Waals surface area contributed by atoms with E-state index in [1.807, 2.05) is 68.4 Å². The highest BCUT2D eigenvalue weighted by atomic mass is 16.5. The van der Waals surface area contributed by atoms with Crippen LogP contribution in [0.2, 0.25) is 0 Å². The summed E-state index contributed by atoms with van der Waals surface area (Å²) < 4.78 is 16.4.